The van der Waals surface area contributed by atoms with Gasteiger partial charge in [0.1, 0.15) is 0 Å². The molecule has 0 bridgehead atoms. The summed E-state index contributed by atoms with van der Waals surface area (Å²) in [6.45, 7) is 4.15. The maximum absolute atomic E-state index is 11.5. The zero-order valence-electron chi connectivity index (χ0n) is 8.76. The van der Waals surface area contributed by atoms with E-state index in [4.69, 9.17) is 0 Å². The van der Waals surface area contributed by atoms with Crippen LogP contribution in [0.4, 0.5) is 0 Å². The summed E-state index contributed by atoms with van der Waals surface area (Å²) in [5.74, 6) is 0.474. The van der Waals surface area contributed by atoms with E-state index in [1.54, 1.807) is 7.05 Å². The summed E-state index contributed by atoms with van der Waals surface area (Å²) in [5, 5.41) is 6.09. The van der Waals surface area contributed by atoms with Gasteiger partial charge in [0.15, 0.2) is 0 Å². The molecule has 0 spiro atoms. The molecule has 1 saturated carbocycles. The second-order valence-electron chi connectivity index (χ2n) is 4.13. The van der Waals surface area contributed by atoms with Crippen molar-refractivity contribution < 1.29 is 4.79 Å². The van der Waals surface area contributed by atoms with Crippen LogP contribution in [-0.2, 0) is 4.79 Å². The van der Waals surface area contributed by atoms with Gasteiger partial charge in [0.2, 0.25) is 5.91 Å². The smallest absolute Gasteiger partial charge is 0.237 e. The molecule has 0 saturated heterocycles. The molecule has 0 heterocycles. The van der Waals surface area contributed by atoms with Gasteiger partial charge in [-0.25, -0.2) is 0 Å². The van der Waals surface area contributed by atoms with Gasteiger partial charge in [-0.2, -0.15) is 0 Å². The quantitative estimate of drug-likeness (QED) is 0.681. The summed E-state index contributed by atoms with van der Waals surface area (Å²) < 4.78 is 0. The topological polar surface area (TPSA) is 41.1 Å². The first kappa shape index (κ1) is 10.5. The summed E-state index contributed by atoms with van der Waals surface area (Å²) in [6, 6.07) is 0.556. The van der Waals surface area contributed by atoms with Crippen LogP contribution in [0.2, 0.25) is 0 Å². The fourth-order valence-corrected chi connectivity index (χ4v) is 1.56. The Morgan fingerprint density at radius 1 is 1.38 bits per heavy atom. The second kappa shape index (κ2) is 4.61. The maximum atomic E-state index is 11.5. The first-order valence-electron chi connectivity index (χ1n) is 5.12. The lowest BCUT2D eigenvalue weighted by Gasteiger charge is -2.32. The Balaban J connectivity index is 2.41. The number of likely N-dealkylation sites (N-methyl/N-ethyl adjacent to an activating group) is 1. The second-order valence-corrected chi connectivity index (χ2v) is 4.13. The third-order valence-electron chi connectivity index (χ3n) is 2.72. The van der Waals surface area contributed by atoms with Crippen LogP contribution < -0.4 is 10.6 Å². The highest BCUT2D eigenvalue weighted by molar-refractivity contribution is 5.81. The largest absolute Gasteiger partial charge is 0.358 e. The summed E-state index contributed by atoms with van der Waals surface area (Å²) in [5.41, 5.74) is 0. The van der Waals surface area contributed by atoms with E-state index in [0.717, 1.165) is 0 Å². The predicted molar refractivity (Wildman–Crippen MR) is 53.5 cm³/mol. The van der Waals surface area contributed by atoms with Crippen molar-refractivity contribution in [3.05, 3.63) is 0 Å². The zero-order chi connectivity index (χ0) is 9.84. The fraction of sp³-hybridized carbons (Fsp3) is 0.900. The van der Waals surface area contributed by atoms with Gasteiger partial charge in [0, 0.05) is 13.1 Å². The van der Waals surface area contributed by atoms with Crippen molar-refractivity contribution in [2.24, 2.45) is 5.92 Å². The van der Waals surface area contributed by atoms with E-state index < -0.39 is 0 Å². The van der Waals surface area contributed by atoms with E-state index in [1.165, 1.54) is 19.3 Å². The number of carbonyl (C=O) groups excluding carboxylic acids is 1. The van der Waals surface area contributed by atoms with E-state index in [2.05, 4.69) is 24.5 Å². The molecule has 2 N–H and O–H groups in total. The van der Waals surface area contributed by atoms with Gasteiger partial charge in [-0.1, -0.05) is 20.3 Å². The van der Waals surface area contributed by atoms with Gasteiger partial charge in [0.25, 0.3) is 0 Å². The molecule has 0 aromatic heterocycles. The summed E-state index contributed by atoms with van der Waals surface area (Å²) in [7, 11) is 1.69. The molecule has 76 valence electrons. The molecule has 3 nitrogen and oxygen atoms in total. The van der Waals surface area contributed by atoms with E-state index in [1.807, 2.05) is 0 Å². The third-order valence-corrected chi connectivity index (χ3v) is 2.72. The molecule has 1 unspecified atom stereocenters. The molecular formula is C10H20N2O. The van der Waals surface area contributed by atoms with Gasteiger partial charge in [0.05, 0.1) is 6.04 Å². The predicted octanol–water partition coefficient (Wildman–Crippen LogP) is 0.899. The van der Waals surface area contributed by atoms with Crippen molar-refractivity contribution in [3.8, 4) is 0 Å². The number of carbonyl (C=O) groups is 1. The Hall–Kier alpha value is -0.570. The lowest BCUT2D eigenvalue weighted by Crippen LogP contribution is -2.52. The highest BCUT2D eigenvalue weighted by Gasteiger charge is 2.26. The van der Waals surface area contributed by atoms with Crippen LogP contribution in [0.1, 0.15) is 33.1 Å². The number of nitrogens with one attached hydrogen (secondary N) is 2. The molecule has 1 atom stereocenters. The molecule has 1 aliphatic carbocycles. The monoisotopic (exact) mass is 184 g/mol. The van der Waals surface area contributed by atoms with Crippen molar-refractivity contribution in [1.82, 2.24) is 10.6 Å². The highest BCUT2D eigenvalue weighted by atomic mass is 16.2. The summed E-state index contributed by atoms with van der Waals surface area (Å²) in [6.07, 6.45) is 3.75. The standard InChI is InChI=1S/C10H20N2O/c1-7(2)9(10(13)11-3)12-8-5-4-6-8/h7-9,12H,4-6H2,1-3H3,(H,11,13). The van der Waals surface area contributed by atoms with Crippen molar-refractivity contribution >= 4 is 5.91 Å². The number of rotatable bonds is 4. The number of hydrogen-bond donors (Lipinski definition) is 2. The lowest BCUT2D eigenvalue weighted by atomic mass is 9.90. The zero-order valence-corrected chi connectivity index (χ0v) is 8.76. The Kier molecular flexibility index (Phi) is 3.72. The van der Waals surface area contributed by atoms with Crippen LogP contribution in [0.15, 0.2) is 0 Å². The van der Waals surface area contributed by atoms with Crippen molar-refractivity contribution in [2.75, 3.05) is 7.05 Å². The average Bonchev–Trinajstić information content (AvgIpc) is 2.00. The molecule has 1 amide bonds. The van der Waals surface area contributed by atoms with Crippen molar-refractivity contribution in [2.45, 2.75) is 45.2 Å². The van der Waals surface area contributed by atoms with E-state index in [0.29, 0.717) is 12.0 Å². The Morgan fingerprint density at radius 3 is 2.31 bits per heavy atom. The van der Waals surface area contributed by atoms with Crippen LogP contribution in [-0.4, -0.2) is 25.0 Å². The molecule has 0 aromatic rings. The van der Waals surface area contributed by atoms with Gasteiger partial charge < -0.3 is 10.6 Å². The fourth-order valence-electron chi connectivity index (χ4n) is 1.56. The SMILES string of the molecule is CNC(=O)C(NC1CCC1)C(C)C. The Morgan fingerprint density at radius 2 is 2.00 bits per heavy atom. The van der Waals surface area contributed by atoms with Crippen molar-refractivity contribution in [1.29, 1.82) is 0 Å². The molecule has 1 rings (SSSR count). The van der Waals surface area contributed by atoms with Gasteiger partial charge in [-0.3, -0.25) is 4.79 Å². The third kappa shape index (κ3) is 2.69. The Labute approximate surface area is 80.3 Å². The molecule has 13 heavy (non-hydrogen) atoms. The van der Waals surface area contributed by atoms with Gasteiger partial charge in [-0.05, 0) is 18.8 Å². The van der Waals surface area contributed by atoms with Crippen LogP contribution in [0.5, 0.6) is 0 Å². The minimum Gasteiger partial charge on any atom is -0.358 e. The molecule has 0 aliphatic heterocycles. The molecule has 1 aliphatic rings. The molecule has 0 aromatic carbocycles. The number of hydrogen-bond acceptors (Lipinski definition) is 2. The first-order valence-corrected chi connectivity index (χ1v) is 5.12. The maximum Gasteiger partial charge on any atom is 0.237 e. The van der Waals surface area contributed by atoms with E-state index >= 15 is 0 Å². The summed E-state index contributed by atoms with van der Waals surface area (Å²) >= 11 is 0. The average molecular weight is 184 g/mol. The van der Waals surface area contributed by atoms with Crippen molar-refractivity contribution in [3.63, 3.8) is 0 Å². The van der Waals surface area contributed by atoms with Gasteiger partial charge in [-0.15, -0.1) is 0 Å². The van der Waals surface area contributed by atoms with E-state index in [9.17, 15) is 4.79 Å². The molecule has 3 heteroatoms. The van der Waals surface area contributed by atoms with Crippen LogP contribution in [0.3, 0.4) is 0 Å². The number of amides is 1. The van der Waals surface area contributed by atoms with E-state index in [-0.39, 0.29) is 11.9 Å². The van der Waals surface area contributed by atoms with Crippen LogP contribution in [0.25, 0.3) is 0 Å². The highest BCUT2D eigenvalue weighted by Crippen LogP contribution is 2.19. The first-order chi connectivity index (χ1) is 6.15. The molecular weight excluding hydrogens is 164 g/mol. The minimum atomic E-state index is -0.0182. The molecule has 0 radical (unpaired) electrons. The van der Waals surface area contributed by atoms with Crippen LogP contribution >= 0.6 is 0 Å². The van der Waals surface area contributed by atoms with Crippen LogP contribution in [0, 0.1) is 5.92 Å². The normalized spacial score (nSPS) is 19.7. The minimum absolute atomic E-state index is 0.0182. The Bertz CT molecular complexity index is 176. The van der Waals surface area contributed by atoms with Gasteiger partial charge >= 0.3 is 0 Å². The summed E-state index contributed by atoms with van der Waals surface area (Å²) in [4.78, 5) is 11.5. The lowest BCUT2D eigenvalue weighted by molar-refractivity contribution is -0.124. The molecule has 1 fully saturated rings.